The zero-order valence-corrected chi connectivity index (χ0v) is 11.7. The highest BCUT2D eigenvalue weighted by Gasteiger charge is 2.09. The van der Waals surface area contributed by atoms with Gasteiger partial charge in [-0.1, -0.05) is 6.07 Å². The molecule has 0 unspecified atom stereocenters. The number of methoxy groups -OCH3 is 1. The van der Waals surface area contributed by atoms with Crippen LogP contribution in [0, 0.1) is 10.1 Å². The standard InChI is InChI=1S/C15H13NO6/c1-20-13-3-2-4-14(9-13)21-10-15(17)22-12-7-5-11(6-8-12)16(18)19/h2-9H,10H2,1H3. The van der Waals surface area contributed by atoms with Gasteiger partial charge in [0, 0.05) is 18.2 Å². The van der Waals surface area contributed by atoms with Crippen LogP contribution in [-0.4, -0.2) is 24.6 Å². The third kappa shape index (κ3) is 4.20. The summed E-state index contributed by atoms with van der Waals surface area (Å²) >= 11 is 0. The van der Waals surface area contributed by atoms with E-state index in [1.54, 1.807) is 24.3 Å². The molecule has 0 bridgehead atoms. The Labute approximate surface area is 126 Å². The number of hydrogen-bond acceptors (Lipinski definition) is 6. The van der Waals surface area contributed by atoms with E-state index in [1.165, 1.54) is 31.4 Å². The highest BCUT2D eigenvalue weighted by Crippen LogP contribution is 2.20. The Balaban J connectivity index is 1.88. The summed E-state index contributed by atoms with van der Waals surface area (Å²) in [6.07, 6.45) is 0. The van der Waals surface area contributed by atoms with Crippen LogP contribution in [-0.2, 0) is 4.79 Å². The van der Waals surface area contributed by atoms with Gasteiger partial charge in [0.25, 0.3) is 5.69 Å². The quantitative estimate of drug-likeness (QED) is 0.353. The van der Waals surface area contributed by atoms with Gasteiger partial charge in [-0.3, -0.25) is 10.1 Å². The van der Waals surface area contributed by atoms with Crippen LogP contribution >= 0.6 is 0 Å². The fraction of sp³-hybridized carbons (Fsp3) is 0.133. The van der Waals surface area contributed by atoms with Crippen LogP contribution in [0.15, 0.2) is 48.5 Å². The summed E-state index contributed by atoms with van der Waals surface area (Å²) < 4.78 is 15.3. The van der Waals surface area contributed by atoms with Gasteiger partial charge >= 0.3 is 5.97 Å². The Kier molecular flexibility index (Phi) is 4.92. The van der Waals surface area contributed by atoms with Crippen LogP contribution in [0.5, 0.6) is 17.2 Å². The van der Waals surface area contributed by atoms with Crippen LogP contribution in [0.25, 0.3) is 0 Å². The molecular formula is C15H13NO6. The molecule has 0 aliphatic rings. The van der Waals surface area contributed by atoms with Crippen molar-refractivity contribution < 1.29 is 23.9 Å². The second kappa shape index (κ2) is 7.07. The Hall–Kier alpha value is -3.09. The van der Waals surface area contributed by atoms with E-state index in [0.717, 1.165) is 0 Å². The molecule has 0 N–H and O–H groups in total. The maximum Gasteiger partial charge on any atom is 0.349 e. The van der Waals surface area contributed by atoms with E-state index in [-0.39, 0.29) is 18.0 Å². The van der Waals surface area contributed by atoms with E-state index in [9.17, 15) is 14.9 Å². The zero-order chi connectivity index (χ0) is 15.9. The molecule has 0 spiro atoms. The maximum atomic E-state index is 11.6. The molecule has 0 radical (unpaired) electrons. The summed E-state index contributed by atoms with van der Waals surface area (Å²) in [5.74, 6) is 0.683. The normalized spacial score (nSPS) is 9.86. The molecule has 0 heterocycles. The number of esters is 1. The molecule has 7 nitrogen and oxygen atoms in total. The molecule has 2 aromatic carbocycles. The smallest absolute Gasteiger partial charge is 0.349 e. The number of nitrogens with zero attached hydrogens (tertiary/aromatic N) is 1. The first-order valence-electron chi connectivity index (χ1n) is 6.30. The molecule has 0 aliphatic carbocycles. The van der Waals surface area contributed by atoms with Gasteiger partial charge in [0.1, 0.15) is 17.2 Å². The average molecular weight is 303 g/mol. The third-order valence-corrected chi connectivity index (χ3v) is 2.68. The molecule has 0 aliphatic heterocycles. The number of carbonyl (C=O) groups excluding carboxylic acids is 1. The number of nitro benzene ring substituents is 1. The highest BCUT2D eigenvalue weighted by molar-refractivity contribution is 5.74. The maximum absolute atomic E-state index is 11.6. The lowest BCUT2D eigenvalue weighted by Crippen LogP contribution is -2.17. The van der Waals surface area contributed by atoms with Gasteiger partial charge in [-0.05, 0) is 24.3 Å². The minimum absolute atomic E-state index is 0.0765. The van der Waals surface area contributed by atoms with Gasteiger partial charge in [0.15, 0.2) is 6.61 Å². The van der Waals surface area contributed by atoms with E-state index >= 15 is 0 Å². The van der Waals surface area contributed by atoms with Crippen molar-refractivity contribution in [1.82, 2.24) is 0 Å². The fourth-order valence-corrected chi connectivity index (χ4v) is 1.63. The van der Waals surface area contributed by atoms with Crippen molar-refractivity contribution in [1.29, 1.82) is 0 Å². The first-order chi connectivity index (χ1) is 10.6. The first kappa shape index (κ1) is 15.3. The number of hydrogen-bond donors (Lipinski definition) is 0. The number of nitro groups is 1. The monoisotopic (exact) mass is 303 g/mol. The number of benzene rings is 2. The van der Waals surface area contributed by atoms with Crippen molar-refractivity contribution in [3.8, 4) is 17.2 Å². The predicted octanol–water partition coefficient (Wildman–Crippen LogP) is 2.59. The fourth-order valence-electron chi connectivity index (χ4n) is 1.63. The molecule has 0 aromatic heterocycles. The van der Waals surface area contributed by atoms with E-state index in [0.29, 0.717) is 11.5 Å². The average Bonchev–Trinajstić information content (AvgIpc) is 2.53. The van der Waals surface area contributed by atoms with Crippen molar-refractivity contribution in [2.24, 2.45) is 0 Å². The number of ether oxygens (including phenoxy) is 3. The molecule has 22 heavy (non-hydrogen) atoms. The first-order valence-corrected chi connectivity index (χ1v) is 6.30. The van der Waals surface area contributed by atoms with E-state index in [4.69, 9.17) is 14.2 Å². The van der Waals surface area contributed by atoms with E-state index < -0.39 is 10.9 Å². The second-order valence-electron chi connectivity index (χ2n) is 4.19. The predicted molar refractivity (Wildman–Crippen MR) is 77.2 cm³/mol. The van der Waals surface area contributed by atoms with Crippen molar-refractivity contribution in [3.63, 3.8) is 0 Å². The lowest BCUT2D eigenvalue weighted by atomic mass is 10.3. The molecule has 0 saturated heterocycles. The SMILES string of the molecule is COc1cccc(OCC(=O)Oc2ccc([N+](=O)[O-])cc2)c1. The van der Waals surface area contributed by atoms with Crippen LogP contribution in [0.4, 0.5) is 5.69 Å². The Morgan fingerprint density at radius 3 is 2.41 bits per heavy atom. The van der Waals surface area contributed by atoms with Crippen LogP contribution in [0.3, 0.4) is 0 Å². The lowest BCUT2D eigenvalue weighted by Gasteiger charge is -2.07. The minimum Gasteiger partial charge on any atom is -0.497 e. The van der Waals surface area contributed by atoms with Crippen molar-refractivity contribution in [3.05, 3.63) is 58.6 Å². The van der Waals surface area contributed by atoms with Gasteiger partial charge in [-0.2, -0.15) is 0 Å². The molecule has 114 valence electrons. The summed E-state index contributed by atoms with van der Waals surface area (Å²) in [6.45, 7) is -0.288. The Bertz CT molecular complexity index is 668. The van der Waals surface area contributed by atoms with E-state index in [2.05, 4.69) is 0 Å². The molecular weight excluding hydrogens is 290 g/mol. The van der Waals surface area contributed by atoms with Gasteiger partial charge in [0.2, 0.25) is 0 Å². The van der Waals surface area contributed by atoms with Crippen molar-refractivity contribution in [2.75, 3.05) is 13.7 Å². The van der Waals surface area contributed by atoms with Crippen molar-refractivity contribution >= 4 is 11.7 Å². The largest absolute Gasteiger partial charge is 0.497 e. The summed E-state index contributed by atoms with van der Waals surface area (Å²) in [6, 6.07) is 12.0. The van der Waals surface area contributed by atoms with Gasteiger partial charge in [0.05, 0.1) is 12.0 Å². The molecule has 0 saturated carbocycles. The summed E-state index contributed by atoms with van der Waals surface area (Å²) in [4.78, 5) is 21.6. The topological polar surface area (TPSA) is 87.9 Å². The minimum atomic E-state index is -0.614. The molecule has 2 rings (SSSR count). The van der Waals surface area contributed by atoms with Crippen LogP contribution in [0.2, 0.25) is 0 Å². The number of carbonyl (C=O) groups is 1. The Morgan fingerprint density at radius 2 is 1.77 bits per heavy atom. The van der Waals surface area contributed by atoms with Gasteiger partial charge in [-0.15, -0.1) is 0 Å². The second-order valence-corrected chi connectivity index (χ2v) is 4.19. The highest BCUT2D eigenvalue weighted by atomic mass is 16.6. The zero-order valence-electron chi connectivity index (χ0n) is 11.7. The van der Waals surface area contributed by atoms with Gasteiger partial charge < -0.3 is 14.2 Å². The Morgan fingerprint density at radius 1 is 1.09 bits per heavy atom. The molecule has 2 aromatic rings. The summed E-state index contributed by atoms with van der Waals surface area (Å²) in [5, 5.41) is 10.5. The van der Waals surface area contributed by atoms with E-state index in [1.807, 2.05) is 0 Å². The van der Waals surface area contributed by atoms with Crippen LogP contribution in [0.1, 0.15) is 0 Å². The summed E-state index contributed by atoms with van der Waals surface area (Å²) in [5.41, 5.74) is -0.0765. The molecule has 0 fully saturated rings. The number of rotatable bonds is 6. The molecule has 0 atom stereocenters. The molecule has 7 heteroatoms. The number of non-ortho nitro benzene ring substituents is 1. The lowest BCUT2D eigenvalue weighted by molar-refractivity contribution is -0.384. The summed E-state index contributed by atoms with van der Waals surface area (Å²) in [7, 11) is 1.53. The van der Waals surface area contributed by atoms with Crippen molar-refractivity contribution in [2.45, 2.75) is 0 Å². The van der Waals surface area contributed by atoms with Crippen LogP contribution < -0.4 is 14.2 Å². The van der Waals surface area contributed by atoms with Gasteiger partial charge in [-0.25, -0.2) is 4.79 Å². The molecule has 0 amide bonds. The third-order valence-electron chi connectivity index (χ3n) is 2.68.